The van der Waals surface area contributed by atoms with Crippen LogP contribution in [0.5, 0.6) is 0 Å². The van der Waals surface area contributed by atoms with Crippen molar-refractivity contribution in [1.82, 2.24) is 15.3 Å². The number of rotatable bonds is 8. The van der Waals surface area contributed by atoms with Crippen molar-refractivity contribution in [2.75, 3.05) is 16.8 Å². The van der Waals surface area contributed by atoms with E-state index in [1.807, 2.05) is 0 Å². The lowest BCUT2D eigenvalue weighted by Crippen LogP contribution is -2.34. The van der Waals surface area contributed by atoms with Gasteiger partial charge in [-0.1, -0.05) is 12.1 Å². The van der Waals surface area contributed by atoms with Gasteiger partial charge in [0.2, 0.25) is 5.95 Å². The second kappa shape index (κ2) is 9.90. The summed E-state index contributed by atoms with van der Waals surface area (Å²) in [5, 5.41) is 5.38. The van der Waals surface area contributed by atoms with E-state index < -0.39 is 25.0 Å². The lowest BCUT2D eigenvalue weighted by molar-refractivity contribution is -0.132. The Balaban J connectivity index is 1.45. The molecule has 0 radical (unpaired) electrons. The summed E-state index contributed by atoms with van der Waals surface area (Å²) in [5.41, 5.74) is 1.72. The number of para-hydroxylation sites is 1. The zero-order chi connectivity index (χ0) is 24.1. The minimum absolute atomic E-state index is 0.0791. The Labute approximate surface area is 194 Å². The summed E-state index contributed by atoms with van der Waals surface area (Å²) < 4.78 is 37.1. The van der Waals surface area contributed by atoms with Crippen LogP contribution in [-0.2, 0) is 0 Å². The van der Waals surface area contributed by atoms with E-state index in [-0.39, 0.29) is 17.5 Å². The first kappa shape index (κ1) is 23.2. The Morgan fingerprint density at radius 3 is 2.29 bits per heavy atom. The number of hydrogen-bond donors (Lipinski definition) is 2. The number of benzene rings is 2. The molecular formula is C24H22F3N5O2. The molecule has 2 amide bonds. The van der Waals surface area contributed by atoms with Gasteiger partial charge in [0, 0.05) is 36.2 Å². The molecule has 7 nitrogen and oxygen atoms in total. The number of amides is 2. The number of alkyl halides is 3. The highest BCUT2D eigenvalue weighted by atomic mass is 19.4. The second-order valence-corrected chi connectivity index (χ2v) is 7.82. The minimum atomic E-state index is -4.34. The summed E-state index contributed by atoms with van der Waals surface area (Å²) in [6, 6.07) is 15.0. The van der Waals surface area contributed by atoms with Gasteiger partial charge < -0.3 is 10.6 Å². The fourth-order valence-corrected chi connectivity index (χ4v) is 3.36. The predicted molar refractivity (Wildman–Crippen MR) is 121 cm³/mol. The van der Waals surface area contributed by atoms with E-state index in [1.54, 1.807) is 65.8 Å². The number of anilines is 3. The molecule has 2 aromatic carbocycles. The van der Waals surface area contributed by atoms with E-state index in [0.29, 0.717) is 22.9 Å². The molecule has 0 unspecified atom stereocenters. The zero-order valence-corrected chi connectivity index (χ0v) is 18.0. The van der Waals surface area contributed by atoms with Gasteiger partial charge in [-0.2, -0.15) is 13.2 Å². The topological polar surface area (TPSA) is 87.2 Å². The molecular weight excluding hydrogens is 447 g/mol. The third kappa shape index (κ3) is 5.89. The monoisotopic (exact) mass is 469 g/mol. The number of carbonyl (C=O) groups is 2. The normalized spacial score (nSPS) is 13.3. The highest BCUT2D eigenvalue weighted by molar-refractivity contribution is 6.06. The Morgan fingerprint density at radius 1 is 0.971 bits per heavy atom. The Kier molecular flexibility index (Phi) is 6.76. The summed E-state index contributed by atoms with van der Waals surface area (Å²) >= 11 is 0. The van der Waals surface area contributed by atoms with E-state index in [9.17, 15) is 22.8 Å². The molecule has 176 valence electrons. The van der Waals surface area contributed by atoms with Crippen LogP contribution in [0.25, 0.3) is 0 Å². The van der Waals surface area contributed by atoms with Gasteiger partial charge in [0.1, 0.15) is 0 Å². The molecule has 2 N–H and O–H groups in total. The van der Waals surface area contributed by atoms with E-state index in [2.05, 4.69) is 20.6 Å². The van der Waals surface area contributed by atoms with Crippen molar-refractivity contribution >= 4 is 29.1 Å². The molecule has 0 bridgehead atoms. The smallest absolute Gasteiger partial charge is 0.355 e. The number of nitrogens with one attached hydrogen (secondary N) is 2. The molecule has 10 heteroatoms. The van der Waals surface area contributed by atoms with Gasteiger partial charge in [-0.25, -0.2) is 9.97 Å². The third-order valence-electron chi connectivity index (χ3n) is 5.18. The second-order valence-electron chi connectivity index (χ2n) is 7.82. The van der Waals surface area contributed by atoms with Crippen LogP contribution in [0.4, 0.5) is 30.5 Å². The maximum atomic E-state index is 13.1. The molecule has 0 atom stereocenters. The van der Waals surface area contributed by atoms with Crippen LogP contribution < -0.4 is 15.5 Å². The Morgan fingerprint density at radius 2 is 1.65 bits per heavy atom. The van der Waals surface area contributed by atoms with Gasteiger partial charge in [0.25, 0.3) is 11.8 Å². The lowest BCUT2D eigenvalue weighted by Gasteiger charge is -2.20. The maximum absolute atomic E-state index is 13.1. The summed E-state index contributed by atoms with van der Waals surface area (Å²) in [6.45, 7) is -0.504. The SMILES string of the molecule is O=C(NCCC(F)(F)F)c1ccccc1Nc1ccc(C(=O)N(c2ncccn2)C2CC2)cc1. The first-order chi connectivity index (χ1) is 16.3. The fourth-order valence-electron chi connectivity index (χ4n) is 3.36. The van der Waals surface area contributed by atoms with E-state index in [0.717, 1.165) is 12.8 Å². The summed E-state index contributed by atoms with van der Waals surface area (Å²) in [6.07, 6.45) is -0.470. The number of halogens is 3. The van der Waals surface area contributed by atoms with Crippen molar-refractivity contribution < 1.29 is 22.8 Å². The van der Waals surface area contributed by atoms with Crippen LogP contribution in [-0.4, -0.2) is 40.5 Å². The highest BCUT2D eigenvalue weighted by Crippen LogP contribution is 2.31. The van der Waals surface area contributed by atoms with Gasteiger partial charge in [-0.05, 0) is 55.3 Å². The van der Waals surface area contributed by atoms with Crippen molar-refractivity contribution in [1.29, 1.82) is 0 Å². The van der Waals surface area contributed by atoms with Crippen LogP contribution in [0.1, 0.15) is 40.0 Å². The molecule has 34 heavy (non-hydrogen) atoms. The van der Waals surface area contributed by atoms with Gasteiger partial charge in [0.05, 0.1) is 17.7 Å². The quantitative estimate of drug-likeness (QED) is 0.499. The fraction of sp³-hybridized carbons (Fsp3) is 0.250. The van der Waals surface area contributed by atoms with E-state index >= 15 is 0 Å². The van der Waals surface area contributed by atoms with Crippen LogP contribution in [0.2, 0.25) is 0 Å². The van der Waals surface area contributed by atoms with Gasteiger partial charge in [-0.15, -0.1) is 0 Å². The molecule has 0 aliphatic heterocycles. The molecule has 1 saturated carbocycles. The summed E-state index contributed by atoms with van der Waals surface area (Å²) in [5.74, 6) is -0.450. The molecule has 1 heterocycles. The van der Waals surface area contributed by atoms with Gasteiger partial charge in [-0.3, -0.25) is 14.5 Å². The van der Waals surface area contributed by atoms with Crippen molar-refractivity contribution in [3.63, 3.8) is 0 Å². The predicted octanol–water partition coefficient (Wildman–Crippen LogP) is 4.71. The summed E-state index contributed by atoms with van der Waals surface area (Å²) in [4.78, 5) is 35.5. The first-order valence-corrected chi connectivity index (χ1v) is 10.7. The number of carbonyl (C=O) groups excluding carboxylic acids is 2. The largest absolute Gasteiger partial charge is 0.390 e. The average molecular weight is 469 g/mol. The highest BCUT2D eigenvalue weighted by Gasteiger charge is 2.35. The number of nitrogens with zero attached hydrogens (tertiary/aromatic N) is 3. The van der Waals surface area contributed by atoms with Crippen molar-refractivity contribution in [3.8, 4) is 0 Å². The molecule has 1 aromatic heterocycles. The van der Waals surface area contributed by atoms with Gasteiger partial charge in [0.15, 0.2) is 0 Å². The van der Waals surface area contributed by atoms with Crippen LogP contribution in [0.3, 0.4) is 0 Å². The Bertz CT molecular complexity index is 1150. The van der Waals surface area contributed by atoms with Gasteiger partial charge >= 0.3 is 6.18 Å². The average Bonchev–Trinajstić information content (AvgIpc) is 3.65. The molecule has 1 aliphatic rings. The zero-order valence-electron chi connectivity index (χ0n) is 18.0. The molecule has 0 spiro atoms. The number of hydrogen-bond acceptors (Lipinski definition) is 5. The summed E-state index contributed by atoms with van der Waals surface area (Å²) in [7, 11) is 0. The van der Waals surface area contributed by atoms with Crippen molar-refractivity contribution in [2.45, 2.75) is 31.5 Å². The standard InChI is InChI=1S/C24H22F3N5O2/c25-24(26,27)12-15-28-21(33)19-4-1-2-5-20(19)31-17-8-6-16(7-9-17)22(34)32(18-10-11-18)23-29-13-3-14-30-23/h1-9,13-14,18,31H,10-12,15H2,(H,28,33). The van der Waals surface area contributed by atoms with E-state index in [4.69, 9.17) is 0 Å². The minimum Gasteiger partial charge on any atom is -0.355 e. The third-order valence-corrected chi connectivity index (χ3v) is 5.18. The molecule has 1 aliphatic carbocycles. The molecule has 1 fully saturated rings. The van der Waals surface area contributed by atoms with Crippen LogP contribution in [0.15, 0.2) is 67.0 Å². The van der Waals surface area contributed by atoms with Crippen LogP contribution in [0, 0.1) is 0 Å². The van der Waals surface area contributed by atoms with E-state index in [1.165, 1.54) is 6.07 Å². The lowest BCUT2D eigenvalue weighted by atomic mass is 10.1. The first-order valence-electron chi connectivity index (χ1n) is 10.7. The molecule has 0 saturated heterocycles. The van der Waals surface area contributed by atoms with Crippen LogP contribution >= 0.6 is 0 Å². The maximum Gasteiger partial charge on any atom is 0.390 e. The molecule has 4 rings (SSSR count). The Hall–Kier alpha value is -3.95. The van der Waals surface area contributed by atoms with Crippen molar-refractivity contribution in [2.24, 2.45) is 0 Å². The number of aromatic nitrogens is 2. The molecule has 3 aromatic rings. The van der Waals surface area contributed by atoms with Crippen molar-refractivity contribution in [3.05, 3.63) is 78.1 Å².